The average Bonchev–Trinajstić information content (AvgIpc) is 2.82. The first-order valence-corrected chi connectivity index (χ1v) is 11.0. The Hall–Kier alpha value is -1.87. The van der Waals surface area contributed by atoms with Crippen molar-refractivity contribution in [2.24, 2.45) is 5.92 Å². The summed E-state index contributed by atoms with van der Waals surface area (Å²) in [5, 5.41) is 0. The zero-order chi connectivity index (χ0) is 15.9. The molecule has 1 amide bonds. The monoisotopic (exact) mass is 309 g/mol. The van der Waals surface area contributed by atoms with Crippen molar-refractivity contribution < 1.29 is 4.79 Å². The van der Waals surface area contributed by atoms with E-state index in [1.807, 2.05) is 13.8 Å². The molecule has 3 heteroatoms. The molecular weight excluding hydrogens is 286 g/mol. The van der Waals surface area contributed by atoms with Gasteiger partial charge in [0.15, 0.2) is 8.24 Å². The lowest BCUT2D eigenvalue weighted by molar-refractivity contribution is -0.122. The van der Waals surface area contributed by atoms with Gasteiger partial charge in [-0.25, -0.2) is 0 Å². The van der Waals surface area contributed by atoms with Gasteiger partial charge in [0.1, 0.15) is 0 Å². The lowest BCUT2D eigenvalue weighted by Crippen LogP contribution is -2.54. The van der Waals surface area contributed by atoms with Crippen LogP contribution in [0, 0.1) is 5.92 Å². The lowest BCUT2D eigenvalue weighted by atomic mass is 10.1. The molecule has 2 aromatic rings. The normalized spacial score (nSPS) is 13.9. The van der Waals surface area contributed by atoms with Crippen molar-refractivity contribution >= 4 is 14.1 Å². The van der Waals surface area contributed by atoms with Gasteiger partial charge < -0.3 is 4.98 Å². The molecule has 2 nitrogen and oxygen atoms in total. The molecule has 0 saturated heterocycles. The highest BCUT2D eigenvalue weighted by Crippen LogP contribution is 2.47. The zero-order valence-corrected chi connectivity index (χ0v) is 14.7. The van der Waals surface area contributed by atoms with Crippen molar-refractivity contribution in [1.82, 2.24) is 4.98 Å². The molecule has 1 aliphatic rings. The molecule has 0 radical (unpaired) electrons. The van der Waals surface area contributed by atoms with Gasteiger partial charge in [-0.05, 0) is 22.3 Å². The largest absolute Gasteiger partial charge is 0.381 e. The van der Waals surface area contributed by atoms with Crippen molar-refractivity contribution in [3.63, 3.8) is 0 Å². The summed E-state index contributed by atoms with van der Waals surface area (Å²) < 4.78 is 0. The van der Waals surface area contributed by atoms with Gasteiger partial charge in [0, 0.05) is 11.5 Å². The quantitative estimate of drug-likeness (QED) is 0.841. The summed E-state index contributed by atoms with van der Waals surface area (Å²) in [6.45, 7) is 8.43. The number of carbonyl (C=O) groups is 1. The summed E-state index contributed by atoms with van der Waals surface area (Å²) in [6, 6.07) is 17.2. The molecule has 2 aromatic carbocycles. The number of hydrogen-bond donors (Lipinski definition) is 1. The van der Waals surface area contributed by atoms with E-state index in [0.29, 0.717) is 5.54 Å². The van der Waals surface area contributed by atoms with Crippen molar-refractivity contribution in [3.05, 3.63) is 59.7 Å². The number of fused-ring (bicyclic) bond motifs is 3. The van der Waals surface area contributed by atoms with Crippen LogP contribution in [0.2, 0.25) is 13.1 Å². The first-order valence-electron chi connectivity index (χ1n) is 7.92. The van der Waals surface area contributed by atoms with Crippen molar-refractivity contribution in [2.45, 2.75) is 32.5 Å². The van der Waals surface area contributed by atoms with Gasteiger partial charge in [-0.3, -0.25) is 4.79 Å². The van der Waals surface area contributed by atoms with E-state index < -0.39 is 8.24 Å². The van der Waals surface area contributed by atoms with Crippen LogP contribution in [-0.4, -0.2) is 14.1 Å². The SMILES string of the molecule is CC(C)C(=O)N[Si](C)(C)C1c2ccccc2-c2ccccc21. The van der Waals surface area contributed by atoms with Crippen LogP contribution in [0.5, 0.6) is 0 Å². The molecule has 1 N–H and O–H groups in total. The van der Waals surface area contributed by atoms with Crippen LogP contribution in [0.1, 0.15) is 30.5 Å². The summed E-state index contributed by atoms with van der Waals surface area (Å²) in [4.78, 5) is 15.6. The molecule has 22 heavy (non-hydrogen) atoms. The number of nitrogens with one attached hydrogen (secondary N) is 1. The number of rotatable bonds is 3. The molecule has 0 unspecified atom stereocenters. The Balaban J connectivity index is 2.08. The van der Waals surface area contributed by atoms with E-state index in [4.69, 9.17) is 0 Å². The summed E-state index contributed by atoms with van der Waals surface area (Å²) in [5.41, 5.74) is 5.70. The van der Waals surface area contributed by atoms with Crippen LogP contribution in [0.3, 0.4) is 0 Å². The minimum absolute atomic E-state index is 0.0265. The highest BCUT2D eigenvalue weighted by Gasteiger charge is 2.42. The smallest absolute Gasteiger partial charge is 0.214 e. The van der Waals surface area contributed by atoms with E-state index in [1.165, 1.54) is 22.3 Å². The van der Waals surface area contributed by atoms with Crippen LogP contribution in [0.15, 0.2) is 48.5 Å². The van der Waals surface area contributed by atoms with Crippen LogP contribution >= 0.6 is 0 Å². The summed E-state index contributed by atoms with van der Waals surface area (Å²) >= 11 is 0. The second-order valence-electron chi connectivity index (χ2n) is 6.97. The molecule has 0 atom stereocenters. The van der Waals surface area contributed by atoms with Gasteiger partial charge in [-0.15, -0.1) is 0 Å². The average molecular weight is 309 g/mol. The highest BCUT2D eigenvalue weighted by atomic mass is 28.3. The Labute approximate surface area is 133 Å². The summed E-state index contributed by atoms with van der Waals surface area (Å²) in [6.07, 6.45) is 0. The van der Waals surface area contributed by atoms with E-state index in [2.05, 4.69) is 66.6 Å². The van der Waals surface area contributed by atoms with Crippen LogP contribution in [-0.2, 0) is 4.79 Å². The third kappa shape index (κ3) is 2.39. The van der Waals surface area contributed by atoms with E-state index in [9.17, 15) is 4.79 Å². The fraction of sp³-hybridized carbons (Fsp3) is 0.316. The number of carbonyl (C=O) groups excluding carboxylic acids is 1. The van der Waals surface area contributed by atoms with Crippen molar-refractivity contribution in [2.75, 3.05) is 0 Å². The fourth-order valence-electron chi connectivity index (χ4n) is 3.47. The third-order valence-corrected chi connectivity index (χ3v) is 7.48. The molecule has 1 aliphatic carbocycles. The van der Waals surface area contributed by atoms with Crippen LogP contribution < -0.4 is 4.98 Å². The molecule has 0 saturated carbocycles. The maximum atomic E-state index is 12.3. The minimum atomic E-state index is -2.00. The maximum absolute atomic E-state index is 12.3. The van der Waals surface area contributed by atoms with Gasteiger partial charge in [0.05, 0.1) is 0 Å². The van der Waals surface area contributed by atoms with Gasteiger partial charge in [0.25, 0.3) is 0 Å². The van der Waals surface area contributed by atoms with Crippen LogP contribution in [0.4, 0.5) is 0 Å². The predicted octanol–water partition coefficient (Wildman–Crippen LogP) is 4.32. The second kappa shape index (κ2) is 5.40. The second-order valence-corrected chi connectivity index (χ2v) is 11.2. The molecule has 0 aliphatic heterocycles. The topological polar surface area (TPSA) is 29.1 Å². The third-order valence-electron chi connectivity index (χ3n) is 4.53. The molecule has 0 heterocycles. The molecule has 114 valence electrons. The Morgan fingerprint density at radius 1 is 0.955 bits per heavy atom. The van der Waals surface area contributed by atoms with E-state index >= 15 is 0 Å². The van der Waals surface area contributed by atoms with Crippen molar-refractivity contribution in [3.8, 4) is 11.1 Å². The van der Waals surface area contributed by atoms with Gasteiger partial charge in [0.2, 0.25) is 5.91 Å². The molecule has 3 rings (SSSR count). The van der Waals surface area contributed by atoms with Crippen LogP contribution in [0.25, 0.3) is 11.1 Å². The Morgan fingerprint density at radius 3 is 1.86 bits per heavy atom. The number of amides is 1. The first kappa shape index (κ1) is 15.0. The van der Waals surface area contributed by atoms with E-state index in [-0.39, 0.29) is 11.8 Å². The summed E-state index contributed by atoms with van der Waals surface area (Å²) in [5.74, 6) is 0.192. The molecule has 0 aromatic heterocycles. The standard InChI is InChI=1S/C19H23NOSi/c1-13(2)19(21)20-22(3,4)18-16-11-7-5-9-14(16)15-10-6-8-12-17(15)18/h5-13,18H,1-4H3,(H,20,21). The lowest BCUT2D eigenvalue weighted by Gasteiger charge is -2.32. The Morgan fingerprint density at radius 2 is 1.41 bits per heavy atom. The van der Waals surface area contributed by atoms with Gasteiger partial charge >= 0.3 is 0 Å². The number of benzene rings is 2. The van der Waals surface area contributed by atoms with Gasteiger partial charge in [-0.2, -0.15) is 0 Å². The minimum Gasteiger partial charge on any atom is -0.381 e. The molecule has 0 bridgehead atoms. The fourth-order valence-corrected chi connectivity index (χ4v) is 6.59. The first-order chi connectivity index (χ1) is 10.4. The summed E-state index contributed by atoms with van der Waals surface area (Å²) in [7, 11) is -2.00. The Kier molecular flexibility index (Phi) is 3.69. The van der Waals surface area contributed by atoms with Crippen molar-refractivity contribution in [1.29, 1.82) is 0 Å². The van der Waals surface area contributed by atoms with E-state index in [1.54, 1.807) is 0 Å². The maximum Gasteiger partial charge on any atom is 0.214 e. The van der Waals surface area contributed by atoms with Gasteiger partial charge in [-0.1, -0.05) is 75.5 Å². The highest BCUT2D eigenvalue weighted by molar-refractivity contribution is 6.79. The Bertz CT molecular complexity index is 675. The number of hydrogen-bond acceptors (Lipinski definition) is 1. The zero-order valence-electron chi connectivity index (χ0n) is 13.7. The molecule has 0 spiro atoms. The molecular formula is C19H23NOSi. The van der Waals surface area contributed by atoms with E-state index in [0.717, 1.165) is 0 Å². The molecule has 0 fully saturated rings. The predicted molar refractivity (Wildman–Crippen MR) is 94.2 cm³/mol.